The molecule has 0 bridgehead atoms. The van der Waals surface area contributed by atoms with Gasteiger partial charge in [0.1, 0.15) is 0 Å². The summed E-state index contributed by atoms with van der Waals surface area (Å²) in [6.45, 7) is 1.13. The van der Waals surface area contributed by atoms with Crippen LogP contribution < -0.4 is 9.62 Å². The number of nitrogens with zero attached hydrogens (tertiary/aromatic N) is 2. The summed E-state index contributed by atoms with van der Waals surface area (Å²) in [5.41, 5.74) is 1.88. The number of piperidine rings is 1. The molecule has 0 spiro atoms. The topological polar surface area (TPSA) is 104 Å². The van der Waals surface area contributed by atoms with Crippen molar-refractivity contribution in [3.63, 3.8) is 0 Å². The van der Waals surface area contributed by atoms with Gasteiger partial charge in [-0.2, -0.15) is 0 Å². The summed E-state index contributed by atoms with van der Waals surface area (Å²) >= 11 is 0. The second-order valence-electron chi connectivity index (χ2n) is 7.65. The minimum absolute atomic E-state index is 0.0885. The lowest BCUT2D eigenvalue weighted by Gasteiger charge is -2.25. The third kappa shape index (κ3) is 6.05. The highest BCUT2D eigenvalue weighted by Crippen LogP contribution is 2.21. The van der Waals surface area contributed by atoms with E-state index in [4.69, 9.17) is 0 Å². The fourth-order valence-electron chi connectivity index (χ4n) is 3.37. The Hall–Kier alpha value is -2.43. The molecule has 0 radical (unpaired) electrons. The van der Waals surface area contributed by atoms with Crippen molar-refractivity contribution in [1.29, 1.82) is 0 Å². The molecule has 10 heteroatoms. The van der Waals surface area contributed by atoms with Crippen LogP contribution in [0, 0.1) is 0 Å². The Morgan fingerprint density at radius 1 is 1.00 bits per heavy atom. The second-order valence-corrected chi connectivity index (χ2v) is 11.6. The van der Waals surface area contributed by atoms with Gasteiger partial charge >= 0.3 is 0 Å². The molecule has 0 atom stereocenters. The molecular weight excluding hydrogens is 438 g/mol. The molecule has 1 fully saturated rings. The fourth-order valence-corrected chi connectivity index (χ4v) is 5.48. The van der Waals surface area contributed by atoms with E-state index in [9.17, 15) is 21.6 Å². The molecule has 0 aliphatic carbocycles. The van der Waals surface area contributed by atoms with Crippen LogP contribution >= 0.6 is 0 Å². The number of carbonyl (C=O) groups is 1. The largest absolute Gasteiger partial charge is 0.322 e. The van der Waals surface area contributed by atoms with Crippen molar-refractivity contribution in [1.82, 2.24) is 4.31 Å². The minimum atomic E-state index is -3.41. The smallest absolute Gasteiger partial charge is 0.255 e. The normalized spacial score (nSPS) is 15.4. The number of rotatable bonds is 7. The van der Waals surface area contributed by atoms with E-state index in [2.05, 4.69) is 5.32 Å². The van der Waals surface area contributed by atoms with Gasteiger partial charge in [0.05, 0.1) is 17.7 Å². The number of hydrogen-bond acceptors (Lipinski definition) is 5. The van der Waals surface area contributed by atoms with Crippen molar-refractivity contribution in [2.24, 2.45) is 0 Å². The van der Waals surface area contributed by atoms with Gasteiger partial charge in [0.25, 0.3) is 5.91 Å². The van der Waals surface area contributed by atoms with Crippen LogP contribution in [0.5, 0.6) is 0 Å². The Morgan fingerprint density at radius 3 is 2.26 bits per heavy atom. The quantitative estimate of drug-likeness (QED) is 0.677. The Morgan fingerprint density at radius 2 is 1.65 bits per heavy atom. The van der Waals surface area contributed by atoms with Crippen LogP contribution in [0.1, 0.15) is 35.2 Å². The summed E-state index contributed by atoms with van der Waals surface area (Å²) in [5, 5.41) is 2.74. The van der Waals surface area contributed by atoms with E-state index >= 15 is 0 Å². The van der Waals surface area contributed by atoms with E-state index in [1.807, 2.05) is 0 Å². The number of amides is 1. The number of carbonyl (C=O) groups excluding carboxylic acids is 1. The standard InChI is InChI=1S/C21H27N3O5S2/c1-23(30(2,26)27)20-8-6-7-19(15-20)22-21(25)18-11-9-17(10-12-18)16-31(28,29)24-13-4-3-5-14-24/h6-12,15H,3-5,13-14,16H2,1-2H3,(H,22,25). The fraction of sp³-hybridized carbons (Fsp3) is 0.381. The van der Waals surface area contributed by atoms with Gasteiger partial charge < -0.3 is 5.32 Å². The maximum absolute atomic E-state index is 12.6. The summed E-state index contributed by atoms with van der Waals surface area (Å²) < 4.78 is 51.2. The molecule has 0 unspecified atom stereocenters. The summed E-state index contributed by atoms with van der Waals surface area (Å²) in [7, 11) is -5.34. The van der Waals surface area contributed by atoms with Crippen LogP contribution in [0.2, 0.25) is 0 Å². The molecule has 168 valence electrons. The highest BCUT2D eigenvalue weighted by Gasteiger charge is 2.24. The van der Waals surface area contributed by atoms with Crippen molar-refractivity contribution in [3.8, 4) is 0 Å². The molecule has 1 amide bonds. The van der Waals surface area contributed by atoms with Crippen LogP contribution in [-0.2, 0) is 25.8 Å². The van der Waals surface area contributed by atoms with Crippen LogP contribution in [0.4, 0.5) is 11.4 Å². The predicted molar refractivity (Wildman–Crippen MR) is 122 cm³/mol. The molecular formula is C21H27N3O5S2. The highest BCUT2D eigenvalue weighted by molar-refractivity contribution is 7.92. The van der Waals surface area contributed by atoms with Crippen molar-refractivity contribution < 1.29 is 21.6 Å². The maximum atomic E-state index is 12.6. The average molecular weight is 466 g/mol. The number of benzene rings is 2. The first-order valence-electron chi connectivity index (χ1n) is 9.98. The second kappa shape index (κ2) is 9.37. The zero-order valence-corrected chi connectivity index (χ0v) is 19.2. The molecule has 31 heavy (non-hydrogen) atoms. The molecule has 1 N–H and O–H groups in total. The van der Waals surface area contributed by atoms with Crippen molar-refractivity contribution in [2.75, 3.05) is 36.0 Å². The molecule has 1 aliphatic heterocycles. The van der Waals surface area contributed by atoms with Crippen LogP contribution in [0.25, 0.3) is 0 Å². The van der Waals surface area contributed by atoms with Crippen LogP contribution in [0.15, 0.2) is 48.5 Å². The number of hydrogen-bond donors (Lipinski definition) is 1. The predicted octanol–water partition coefficient (Wildman–Crippen LogP) is 2.65. The molecule has 1 aliphatic rings. The molecule has 0 saturated carbocycles. The molecule has 2 aromatic carbocycles. The lowest BCUT2D eigenvalue weighted by atomic mass is 10.1. The Bertz CT molecular complexity index is 1140. The third-order valence-electron chi connectivity index (χ3n) is 5.24. The first kappa shape index (κ1) is 23.2. The summed E-state index contributed by atoms with van der Waals surface area (Å²) in [5.74, 6) is -0.459. The number of sulfonamides is 2. The molecule has 2 aromatic rings. The molecule has 1 saturated heterocycles. The van der Waals surface area contributed by atoms with Crippen LogP contribution in [-0.4, -0.2) is 53.4 Å². The van der Waals surface area contributed by atoms with Gasteiger partial charge in [-0.1, -0.05) is 24.6 Å². The van der Waals surface area contributed by atoms with Gasteiger partial charge in [-0.25, -0.2) is 21.1 Å². The van der Waals surface area contributed by atoms with Gasteiger partial charge in [-0.15, -0.1) is 0 Å². The lowest BCUT2D eigenvalue weighted by molar-refractivity contribution is 0.102. The van der Waals surface area contributed by atoms with Gasteiger partial charge in [0.15, 0.2) is 0 Å². The average Bonchev–Trinajstić information content (AvgIpc) is 2.73. The number of anilines is 2. The van der Waals surface area contributed by atoms with Gasteiger partial charge in [0.2, 0.25) is 20.0 Å². The zero-order chi connectivity index (χ0) is 22.6. The molecule has 0 aromatic heterocycles. The number of nitrogens with one attached hydrogen (secondary N) is 1. The third-order valence-corrected chi connectivity index (χ3v) is 8.29. The summed E-state index contributed by atoms with van der Waals surface area (Å²) in [4.78, 5) is 12.6. The van der Waals surface area contributed by atoms with Crippen LogP contribution in [0.3, 0.4) is 0 Å². The molecule has 3 rings (SSSR count). The minimum Gasteiger partial charge on any atom is -0.322 e. The molecule has 1 heterocycles. The Balaban J connectivity index is 1.67. The van der Waals surface area contributed by atoms with E-state index in [0.29, 0.717) is 35.6 Å². The van der Waals surface area contributed by atoms with Crippen molar-refractivity contribution >= 4 is 37.3 Å². The SMILES string of the molecule is CN(c1cccc(NC(=O)c2ccc(CS(=O)(=O)N3CCCCC3)cc2)c1)S(C)(=O)=O. The van der Waals surface area contributed by atoms with Gasteiger partial charge in [-0.3, -0.25) is 9.10 Å². The van der Waals surface area contributed by atoms with Gasteiger partial charge in [0, 0.05) is 31.4 Å². The molecule has 8 nitrogen and oxygen atoms in total. The summed E-state index contributed by atoms with van der Waals surface area (Å²) in [6, 6.07) is 13.0. The van der Waals surface area contributed by atoms with E-state index in [0.717, 1.165) is 29.8 Å². The first-order chi connectivity index (χ1) is 14.6. The van der Waals surface area contributed by atoms with E-state index in [1.165, 1.54) is 11.4 Å². The van der Waals surface area contributed by atoms with Crippen molar-refractivity contribution in [2.45, 2.75) is 25.0 Å². The van der Waals surface area contributed by atoms with E-state index in [1.54, 1.807) is 48.5 Å². The summed E-state index contributed by atoms with van der Waals surface area (Å²) in [6.07, 6.45) is 3.94. The van der Waals surface area contributed by atoms with E-state index < -0.39 is 20.0 Å². The van der Waals surface area contributed by atoms with Crippen molar-refractivity contribution in [3.05, 3.63) is 59.7 Å². The Kier molecular flexibility index (Phi) is 7.03. The monoisotopic (exact) mass is 465 g/mol. The maximum Gasteiger partial charge on any atom is 0.255 e. The van der Waals surface area contributed by atoms with E-state index in [-0.39, 0.29) is 11.7 Å². The zero-order valence-electron chi connectivity index (χ0n) is 17.6. The highest BCUT2D eigenvalue weighted by atomic mass is 32.2. The van der Waals surface area contributed by atoms with Gasteiger partial charge in [-0.05, 0) is 48.7 Å². The lowest BCUT2D eigenvalue weighted by Crippen LogP contribution is -2.36. The first-order valence-corrected chi connectivity index (χ1v) is 13.4. The Labute approximate surface area is 184 Å².